The van der Waals surface area contributed by atoms with Crippen molar-refractivity contribution >= 4 is 26.0 Å². The van der Waals surface area contributed by atoms with Crippen LogP contribution in [0.15, 0.2) is 44.1 Å². The molecule has 1 aromatic carbocycles. The highest BCUT2D eigenvalue weighted by Crippen LogP contribution is 2.27. The number of nitrogens with zero attached hydrogens (tertiary/aromatic N) is 2. The molecule has 0 N–H and O–H groups in total. The molecule has 0 amide bonds. The lowest BCUT2D eigenvalue weighted by Gasteiger charge is -2.23. The van der Waals surface area contributed by atoms with Crippen LogP contribution in [0.4, 0.5) is 4.39 Å². The van der Waals surface area contributed by atoms with Gasteiger partial charge in [0, 0.05) is 17.6 Å². The molecule has 8 heteroatoms. The van der Waals surface area contributed by atoms with Gasteiger partial charge in [0.25, 0.3) is 0 Å². The Labute approximate surface area is 150 Å². The number of benzene rings is 1. The highest BCUT2D eigenvalue weighted by Gasteiger charge is 2.27. The van der Waals surface area contributed by atoms with Crippen molar-refractivity contribution in [1.82, 2.24) is 9.21 Å². The van der Waals surface area contributed by atoms with E-state index < -0.39 is 15.8 Å². The van der Waals surface area contributed by atoms with Crippen LogP contribution >= 0.6 is 15.9 Å². The molecule has 0 aliphatic rings. The van der Waals surface area contributed by atoms with Gasteiger partial charge in [0.2, 0.25) is 10.0 Å². The molecule has 0 aliphatic carbocycles. The molecule has 0 bridgehead atoms. The quantitative estimate of drug-likeness (QED) is 0.692. The maximum absolute atomic E-state index is 13.3. The number of halogens is 2. The summed E-state index contributed by atoms with van der Waals surface area (Å²) in [5, 5.41) is 0. The highest BCUT2D eigenvalue weighted by molar-refractivity contribution is 9.10. The molecule has 0 fully saturated rings. The molecule has 0 aliphatic heterocycles. The molecule has 0 atom stereocenters. The maximum Gasteiger partial charge on any atom is 0.244 e. The molecule has 1 aromatic heterocycles. The number of sulfonamides is 1. The zero-order valence-electron chi connectivity index (χ0n) is 13.8. The molecule has 132 valence electrons. The fraction of sp³-hybridized carbons (Fsp3) is 0.375. The summed E-state index contributed by atoms with van der Waals surface area (Å²) in [7, 11) is -0.0586. The Bertz CT molecular complexity index is 805. The van der Waals surface area contributed by atoms with Gasteiger partial charge in [0.05, 0.1) is 11.4 Å². The summed E-state index contributed by atoms with van der Waals surface area (Å²) in [5.74, 6) is 0.785. The number of furan rings is 1. The van der Waals surface area contributed by atoms with E-state index in [1.807, 2.05) is 19.0 Å². The zero-order valence-corrected chi connectivity index (χ0v) is 16.2. The Balaban J connectivity index is 2.36. The first-order valence-corrected chi connectivity index (χ1v) is 9.58. The summed E-state index contributed by atoms with van der Waals surface area (Å²) in [4.78, 5) is 1.93. The van der Waals surface area contributed by atoms with Crippen LogP contribution < -0.4 is 0 Å². The second kappa shape index (κ2) is 7.77. The second-order valence-electron chi connectivity index (χ2n) is 5.73. The second-order valence-corrected chi connectivity index (χ2v) is 8.49. The van der Waals surface area contributed by atoms with Crippen LogP contribution in [0.1, 0.15) is 11.5 Å². The Morgan fingerprint density at radius 2 is 1.88 bits per heavy atom. The van der Waals surface area contributed by atoms with Gasteiger partial charge in [-0.3, -0.25) is 0 Å². The van der Waals surface area contributed by atoms with E-state index in [2.05, 4.69) is 15.9 Å². The van der Waals surface area contributed by atoms with Gasteiger partial charge >= 0.3 is 0 Å². The van der Waals surface area contributed by atoms with Crippen molar-refractivity contribution in [3.05, 3.63) is 52.1 Å². The van der Waals surface area contributed by atoms with Crippen molar-refractivity contribution in [2.24, 2.45) is 0 Å². The summed E-state index contributed by atoms with van der Waals surface area (Å²) in [5.41, 5.74) is 0. The highest BCUT2D eigenvalue weighted by atomic mass is 79.9. The van der Waals surface area contributed by atoms with Gasteiger partial charge < -0.3 is 9.32 Å². The molecule has 2 aromatic rings. The van der Waals surface area contributed by atoms with Gasteiger partial charge in [-0.05, 0) is 67.3 Å². The van der Waals surface area contributed by atoms with Crippen molar-refractivity contribution in [3.8, 4) is 0 Å². The Morgan fingerprint density at radius 3 is 2.42 bits per heavy atom. The summed E-state index contributed by atoms with van der Waals surface area (Å²) in [6.07, 6.45) is 0. The van der Waals surface area contributed by atoms with Crippen LogP contribution in [-0.2, 0) is 16.6 Å². The predicted octanol–water partition coefficient (Wildman–Crippen LogP) is 3.24. The van der Waals surface area contributed by atoms with Gasteiger partial charge in [-0.2, -0.15) is 4.31 Å². The van der Waals surface area contributed by atoms with E-state index in [0.717, 1.165) is 17.9 Å². The molecule has 0 saturated carbocycles. The number of likely N-dealkylation sites (N-methyl/N-ethyl adjacent to an activating group) is 1. The van der Waals surface area contributed by atoms with E-state index in [1.54, 1.807) is 19.1 Å². The number of rotatable bonds is 7. The average molecular weight is 419 g/mol. The first kappa shape index (κ1) is 19.1. The van der Waals surface area contributed by atoms with Gasteiger partial charge in [0.15, 0.2) is 0 Å². The van der Waals surface area contributed by atoms with Crippen LogP contribution in [0.3, 0.4) is 0 Å². The molecule has 5 nitrogen and oxygen atoms in total. The fourth-order valence-corrected chi connectivity index (χ4v) is 4.57. The van der Waals surface area contributed by atoms with Crippen molar-refractivity contribution in [2.45, 2.75) is 18.4 Å². The van der Waals surface area contributed by atoms with Crippen LogP contribution in [0, 0.1) is 12.7 Å². The van der Waals surface area contributed by atoms with Crippen LogP contribution in [-0.4, -0.2) is 44.8 Å². The van der Waals surface area contributed by atoms with E-state index in [9.17, 15) is 12.8 Å². The Kier molecular flexibility index (Phi) is 6.19. The van der Waals surface area contributed by atoms with Crippen molar-refractivity contribution in [2.75, 3.05) is 27.2 Å². The van der Waals surface area contributed by atoms with E-state index in [-0.39, 0.29) is 15.9 Å². The summed E-state index contributed by atoms with van der Waals surface area (Å²) in [6, 6.07) is 7.10. The van der Waals surface area contributed by atoms with Crippen molar-refractivity contribution in [3.63, 3.8) is 0 Å². The van der Waals surface area contributed by atoms with E-state index >= 15 is 0 Å². The van der Waals surface area contributed by atoms with Gasteiger partial charge in [0.1, 0.15) is 17.3 Å². The SMILES string of the molecule is Cc1ccc(CN(CCN(C)C)S(=O)(=O)c2ccc(F)cc2Br)o1. The smallest absolute Gasteiger partial charge is 0.244 e. The van der Waals surface area contributed by atoms with Crippen LogP contribution in [0.25, 0.3) is 0 Å². The monoisotopic (exact) mass is 418 g/mol. The third-order valence-corrected chi connectivity index (χ3v) is 6.26. The fourth-order valence-electron chi connectivity index (χ4n) is 2.16. The molecule has 0 spiro atoms. The minimum atomic E-state index is -3.80. The molecular weight excluding hydrogens is 399 g/mol. The number of aryl methyl sites for hydroxylation is 1. The standard InChI is InChI=1S/C16H20BrFN2O3S/c1-12-4-6-14(23-12)11-20(9-8-19(2)3)24(21,22)16-7-5-13(18)10-15(16)17/h4-7,10H,8-9,11H2,1-3H3. The first-order valence-electron chi connectivity index (χ1n) is 7.35. The lowest BCUT2D eigenvalue weighted by Crippen LogP contribution is -2.36. The van der Waals surface area contributed by atoms with Gasteiger partial charge in [-0.15, -0.1) is 0 Å². The number of hydrogen-bond donors (Lipinski definition) is 0. The van der Waals surface area contributed by atoms with Gasteiger partial charge in [-0.1, -0.05) is 0 Å². The summed E-state index contributed by atoms with van der Waals surface area (Å²) >= 11 is 3.14. The Morgan fingerprint density at radius 1 is 1.17 bits per heavy atom. The van der Waals surface area contributed by atoms with E-state index in [4.69, 9.17) is 4.42 Å². The minimum Gasteiger partial charge on any atom is -0.465 e. The largest absolute Gasteiger partial charge is 0.465 e. The van der Waals surface area contributed by atoms with E-state index in [0.29, 0.717) is 18.8 Å². The number of hydrogen-bond acceptors (Lipinski definition) is 4. The lowest BCUT2D eigenvalue weighted by molar-refractivity contribution is 0.310. The van der Waals surface area contributed by atoms with Gasteiger partial charge in [-0.25, -0.2) is 12.8 Å². The van der Waals surface area contributed by atoms with Crippen molar-refractivity contribution in [1.29, 1.82) is 0 Å². The average Bonchev–Trinajstić information content (AvgIpc) is 2.88. The molecule has 24 heavy (non-hydrogen) atoms. The van der Waals surface area contributed by atoms with Crippen molar-refractivity contribution < 1.29 is 17.2 Å². The molecule has 0 saturated heterocycles. The molecule has 0 radical (unpaired) electrons. The normalized spacial score (nSPS) is 12.3. The third-order valence-electron chi connectivity index (χ3n) is 3.44. The predicted molar refractivity (Wildman–Crippen MR) is 93.7 cm³/mol. The lowest BCUT2D eigenvalue weighted by atomic mass is 10.3. The van der Waals surface area contributed by atoms with E-state index in [1.165, 1.54) is 10.4 Å². The van der Waals surface area contributed by atoms with Crippen LogP contribution in [0.5, 0.6) is 0 Å². The van der Waals surface area contributed by atoms with Crippen LogP contribution in [0.2, 0.25) is 0 Å². The topological polar surface area (TPSA) is 53.8 Å². The first-order chi connectivity index (χ1) is 11.2. The third kappa shape index (κ3) is 4.66. The Hall–Kier alpha value is -1.22. The summed E-state index contributed by atoms with van der Waals surface area (Å²) in [6.45, 7) is 2.77. The minimum absolute atomic E-state index is 0.0333. The molecule has 1 heterocycles. The summed E-state index contributed by atoms with van der Waals surface area (Å²) < 4.78 is 46.3. The molecule has 2 rings (SSSR count). The maximum atomic E-state index is 13.3. The zero-order chi connectivity index (χ0) is 17.9. The molecule has 0 unspecified atom stereocenters. The molecular formula is C16H20BrFN2O3S.